The Morgan fingerprint density at radius 1 is 1.42 bits per heavy atom. The Bertz CT molecular complexity index is 665. The lowest BCUT2D eigenvalue weighted by Crippen LogP contribution is -1.97. The van der Waals surface area contributed by atoms with E-state index in [1.807, 2.05) is 12.1 Å². The lowest BCUT2D eigenvalue weighted by atomic mass is 10.2. The van der Waals surface area contributed by atoms with Gasteiger partial charge in [-0.15, -0.1) is 0 Å². The molecule has 1 N–H and O–H groups in total. The van der Waals surface area contributed by atoms with Crippen LogP contribution in [0.4, 0.5) is 0 Å². The third-order valence-electron chi connectivity index (χ3n) is 2.33. The zero-order chi connectivity index (χ0) is 13.8. The number of aromatic nitrogens is 3. The van der Waals surface area contributed by atoms with Crippen molar-refractivity contribution >= 4 is 34.4 Å². The van der Waals surface area contributed by atoms with Crippen LogP contribution < -0.4 is 9.47 Å². The molecule has 19 heavy (non-hydrogen) atoms. The van der Waals surface area contributed by atoms with Gasteiger partial charge in [0.2, 0.25) is 4.77 Å². The van der Waals surface area contributed by atoms with E-state index in [1.54, 1.807) is 20.4 Å². The number of benzene rings is 1. The van der Waals surface area contributed by atoms with E-state index in [9.17, 15) is 0 Å². The van der Waals surface area contributed by atoms with E-state index in [1.165, 1.54) is 11.0 Å². The SMILES string of the molecule is COc1cc(Br)cc(/C=N\n2cn[nH]c2=S)c1OC. The highest BCUT2D eigenvalue weighted by atomic mass is 79.9. The van der Waals surface area contributed by atoms with E-state index in [2.05, 4.69) is 31.2 Å². The second-order valence-corrected chi connectivity index (χ2v) is 4.78. The molecule has 8 heteroatoms. The van der Waals surface area contributed by atoms with Crippen LogP contribution in [0.1, 0.15) is 5.56 Å². The molecule has 0 aliphatic carbocycles. The fourth-order valence-electron chi connectivity index (χ4n) is 1.50. The fourth-order valence-corrected chi connectivity index (χ4v) is 2.11. The number of hydrogen-bond donors (Lipinski definition) is 1. The van der Waals surface area contributed by atoms with E-state index in [4.69, 9.17) is 21.7 Å². The smallest absolute Gasteiger partial charge is 0.216 e. The highest BCUT2D eigenvalue weighted by molar-refractivity contribution is 9.10. The topological polar surface area (TPSA) is 64.4 Å². The van der Waals surface area contributed by atoms with Gasteiger partial charge in [0.25, 0.3) is 0 Å². The van der Waals surface area contributed by atoms with Gasteiger partial charge < -0.3 is 9.47 Å². The van der Waals surface area contributed by atoms with Crippen LogP contribution in [0, 0.1) is 4.77 Å². The van der Waals surface area contributed by atoms with E-state index < -0.39 is 0 Å². The van der Waals surface area contributed by atoms with Crippen molar-refractivity contribution in [2.45, 2.75) is 0 Å². The molecule has 0 spiro atoms. The maximum Gasteiger partial charge on any atom is 0.216 e. The van der Waals surface area contributed by atoms with Crippen molar-refractivity contribution in [2.24, 2.45) is 5.10 Å². The zero-order valence-electron chi connectivity index (χ0n) is 10.3. The van der Waals surface area contributed by atoms with Gasteiger partial charge in [0.1, 0.15) is 6.33 Å². The molecule has 6 nitrogen and oxygen atoms in total. The largest absolute Gasteiger partial charge is 0.493 e. The lowest BCUT2D eigenvalue weighted by molar-refractivity contribution is 0.354. The molecule has 0 aliphatic heterocycles. The molecule has 2 rings (SSSR count). The normalized spacial score (nSPS) is 10.9. The first-order valence-corrected chi connectivity index (χ1v) is 6.43. The Labute approximate surface area is 123 Å². The number of H-pyrrole nitrogens is 1. The molecular formula is C11H11BrN4O2S. The molecule has 100 valence electrons. The quantitative estimate of drug-likeness (QED) is 0.685. The Morgan fingerprint density at radius 3 is 2.79 bits per heavy atom. The summed E-state index contributed by atoms with van der Waals surface area (Å²) in [7, 11) is 3.16. The van der Waals surface area contributed by atoms with Crippen LogP contribution in [-0.2, 0) is 0 Å². The third-order valence-corrected chi connectivity index (χ3v) is 3.07. The number of rotatable bonds is 4. The van der Waals surface area contributed by atoms with Crippen molar-refractivity contribution < 1.29 is 9.47 Å². The van der Waals surface area contributed by atoms with Crippen molar-refractivity contribution in [3.05, 3.63) is 33.3 Å². The average Bonchev–Trinajstić information content (AvgIpc) is 2.81. The first-order valence-electron chi connectivity index (χ1n) is 5.23. The summed E-state index contributed by atoms with van der Waals surface area (Å²) in [4.78, 5) is 0. The van der Waals surface area contributed by atoms with Crippen LogP contribution in [0.15, 0.2) is 28.0 Å². The molecule has 1 heterocycles. The Kier molecular flexibility index (Phi) is 4.33. The number of nitrogens with one attached hydrogen (secondary N) is 1. The second kappa shape index (κ2) is 5.98. The Morgan fingerprint density at radius 2 is 2.21 bits per heavy atom. The second-order valence-electron chi connectivity index (χ2n) is 3.48. The van der Waals surface area contributed by atoms with Crippen molar-refractivity contribution in [3.8, 4) is 11.5 Å². The minimum Gasteiger partial charge on any atom is -0.493 e. The molecule has 0 saturated heterocycles. The van der Waals surface area contributed by atoms with Crippen molar-refractivity contribution in [1.29, 1.82) is 0 Å². The molecule has 0 radical (unpaired) electrons. The highest BCUT2D eigenvalue weighted by Crippen LogP contribution is 2.33. The summed E-state index contributed by atoms with van der Waals surface area (Å²) in [5.41, 5.74) is 0.761. The van der Waals surface area contributed by atoms with Gasteiger partial charge in [-0.25, -0.2) is 0 Å². The maximum absolute atomic E-state index is 5.33. The van der Waals surface area contributed by atoms with E-state index in [0.29, 0.717) is 16.3 Å². The number of halogens is 1. The van der Waals surface area contributed by atoms with Crippen molar-refractivity contribution in [3.63, 3.8) is 0 Å². The molecule has 1 aromatic heterocycles. The molecule has 2 aromatic rings. The Hall–Kier alpha value is -1.67. The van der Waals surface area contributed by atoms with Gasteiger partial charge in [-0.3, -0.25) is 5.10 Å². The summed E-state index contributed by atoms with van der Waals surface area (Å²) >= 11 is 8.41. The van der Waals surface area contributed by atoms with E-state index in [-0.39, 0.29) is 0 Å². The number of ether oxygens (including phenoxy) is 2. The number of methoxy groups -OCH3 is 2. The van der Waals surface area contributed by atoms with E-state index >= 15 is 0 Å². The molecule has 1 aromatic carbocycles. The van der Waals surface area contributed by atoms with Gasteiger partial charge in [0.05, 0.1) is 20.4 Å². The number of nitrogens with zero attached hydrogens (tertiary/aromatic N) is 3. The number of hydrogen-bond acceptors (Lipinski definition) is 5. The summed E-state index contributed by atoms with van der Waals surface area (Å²) < 4.78 is 13.3. The van der Waals surface area contributed by atoms with Gasteiger partial charge in [-0.1, -0.05) is 15.9 Å². The van der Waals surface area contributed by atoms with Crippen LogP contribution >= 0.6 is 28.1 Å². The minimum atomic E-state index is 0.414. The van der Waals surface area contributed by atoms with Crippen LogP contribution in [-0.4, -0.2) is 35.3 Å². The molecule has 0 unspecified atom stereocenters. The summed E-state index contributed by atoms with van der Waals surface area (Å²) in [6, 6.07) is 3.69. The number of aromatic amines is 1. The molecule has 0 fully saturated rings. The minimum absolute atomic E-state index is 0.414. The van der Waals surface area contributed by atoms with E-state index in [0.717, 1.165) is 10.0 Å². The molecule has 0 amide bonds. The summed E-state index contributed by atoms with van der Waals surface area (Å²) in [5.74, 6) is 1.22. The molecule has 0 bridgehead atoms. The molecule has 0 aliphatic rings. The summed E-state index contributed by atoms with van der Waals surface area (Å²) in [6.07, 6.45) is 3.11. The van der Waals surface area contributed by atoms with Gasteiger partial charge in [-0.05, 0) is 24.4 Å². The Balaban J connectivity index is 2.44. The monoisotopic (exact) mass is 342 g/mol. The highest BCUT2D eigenvalue weighted by Gasteiger charge is 2.10. The molecular weight excluding hydrogens is 332 g/mol. The van der Waals surface area contributed by atoms with Crippen LogP contribution in [0.5, 0.6) is 11.5 Å². The van der Waals surface area contributed by atoms with Gasteiger partial charge >= 0.3 is 0 Å². The molecule has 0 atom stereocenters. The maximum atomic E-state index is 5.33. The zero-order valence-corrected chi connectivity index (χ0v) is 12.7. The summed E-state index contributed by atoms with van der Waals surface area (Å²) in [6.45, 7) is 0. The van der Waals surface area contributed by atoms with Crippen molar-refractivity contribution in [2.75, 3.05) is 14.2 Å². The first kappa shape index (κ1) is 13.8. The van der Waals surface area contributed by atoms with Crippen LogP contribution in [0.2, 0.25) is 0 Å². The standard InChI is InChI=1S/C11H11BrN4O2S/c1-17-9-4-8(12)3-7(10(9)18-2)5-14-16-6-13-15-11(16)19/h3-6H,1-2H3,(H,15,19)/b14-5-. The first-order chi connectivity index (χ1) is 9.15. The van der Waals surface area contributed by atoms with Crippen molar-refractivity contribution in [1.82, 2.24) is 14.9 Å². The lowest BCUT2D eigenvalue weighted by Gasteiger charge is -2.10. The van der Waals surface area contributed by atoms with Crippen LogP contribution in [0.25, 0.3) is 0 Å². The van der Waals surface area contributed by atoms with Crippen LogP contribution in [0.3, 0.4) is 0 Å². The molecule has 0 saturated carbocycles. The van der Waals surface area contributed by atoms with Gasteiger partial charge in [0, 0.05) is 10.0 Å². The van der Waals surface area contributed by atoms with Gasteiger partial charge in [0.15, 0.2) is 11.5 Å². The predicted octanol–water partition coefficient (Wildman–Crippen LogP) is 2.60. The fraction of sp³-hybridized carbons (Fsp3) is 0.182. The van der Waals surface area contributed by atoms with Gasteiger partial charge in [-0.2, -0.15) is 14.9 Å². The average molecular weight is 343 g/mol. The summed E-state index contributed by atoms with van der Waals surface area (Å²) in [5, 5.41) is 10.6. The third kappa shape index (κ3) is 3.02. The predicted molar refractivity (Wildman–Crippen MR) is 77.6 cm³/mol.